The van der Waals surface area contributed by atoms with Crippen LogP contribution in [-0.4, -0.2) is 23.5 Å². The zero-order chi connectivity index (χ0) is 14.7. The van der Waals surface area contributed by atoms with E-state index in [1.165, 1.54) is 57.9 Å². The Labute approximate surface area is 129 Å². The summed E-state index contributed by atoms with van der Waals surface area (Å²) in [4.78, 5) is 2.79. The lowest BCUT2D eigenvalue weighted by atomic mass is 9.88. The third-order valence-electron chi connectivity index (χ3n) is 5.56. The summed E-state index contributed by atoms with van der Waals surface area (Å²) in [7, 11) is 0. The zero-order valence-electron chi connectivity index (χ0n) is 13.4. The zero-order valence-corrected chi connectivity index (χ0v) is 13.4. The molecular formula is C19H30N2. The van der Waals surface area contributed by atoms with E-state index >= 15 is 0 Å². The van der Waals surface area contributed by atoms with Gasteiger partial charge < -0.3 is 5.73 Å². The molecule has 21 heavy (non-hydrogen) atoms. The summed E-state index contributed by atoms with van der Waals surface area (Å²) in [5.74, 6) is 0. The van der Waals surface area contributed by atoms with Crippen LogP contribution in [0.1, 0.15) is 69.0 Å². The number of fused-ring (bicyclic) bond motifs is 1. The average molecular weight is 286 g/mol. The minimum Gasteiger partial charge on any atom is -0.328 e. The quantitative estimate of drug-likeness (QED) is 0.850. The molecule has 1 aromatic rings. The summed E-state index contributed by atoms with van der Waals surface area (Å²) in [5, 5.41) is 0. The fraction of sp³-hybridized carbons (Fsp3) is 0.684. The van der Waals surface area contributed by atoms with E-state index in [9.17, 15) is 0 Å². The van der Waals surface area contributed by atoms with E-state index in [1.54, 1.807) is 11.1 Å². The minimum absolute atomic E-state index is 0.446. The van der Waals surface area contributed by atoms with Crippen molar-refractivity contribution in [3.63, 3.8) is 0 Å². The van der Waals surface area contributed by atoms with E-state index in [-0.39, 0.29) is 0 Å². The van der Waals surface area contributed by atoms with Gasteiger partial charge in [0.25, 0.3) is 0 Å². The van der Waals surface area contributed by atoms with E-state index < -0.39 is 0 Å². The normalized spacial score (nSPS) is 30.0. The highest BCUT2D eigenvalue weighted by molar-refractivity contribution is 5.31. The molecule has 0 radical (unpaired) electrons. The summed E-state index contributed by atoms with van der Waals surface area (Å²) < 4.78 is 0. The summed E-state index contributed by atoms with van der Waals surface area (Å²) >= 11 is 0. The van der Waals surface area contributed by atoms with E-state index in [0.717, 1.165) is 6.04 Å². The molecular weight excluding hydrogens is 256 g/mol. The molecule has 1 fully saturated rings. The van der Waals surface area contributed by atoms with Gasteiger partial charge in [-0.1, -0.05) is 37.6 Å². The minimum atomic E-state index is 0.446. The Morgan fingerprint density at radius 3 is 2.57 bits per heavy atom. The first kappa shape index (κ1) is 15.1. The monoisotopic (exact) mass is 286 g/mol. The maximum absolute atomic E-state index is 6.10. The van der Waals surface area contributed by atoms with Gasteiger partial charge in [0, 0.05) is 18.1 Å². The van der Waals surface area contributed by atoms with Crippen LogP contribution in [0.4, 0.5) is 0 Å². The Hall–Kier alpha value is -0.860. The fourth-order valence-electron chi connectivity index (χ4n) is 4.41. The predicted molar refractivity (Wildman–Crippen MR) is 89.3 cm³/mol. The van der Waals surface area contributed by atoms with Gasteiger partial charge in [-0.3, -0.25) is 4.90 Å². The maximum Gasteiger partial charge on any atom is 0.0353 e. The van der Waals surface area contributed by atoms with Crippen molar-refractivity contribution < 1.29 is 0 Å². The standard InChI is InChI=1S/C19H30N2/c1-2-21(17-13-11-16(20)12-14-17)19-10-6-4-8-15-7-3-5-9-18(15)19/h3,5,7,9,16-17,19H,2,4,6,8,10-14,20H2,1H3. The highest BCUT2D eigenvalue weighted by Gasteiger charge is 2.30. The Kier molecular flexibility index (Phi) is 4.97. The molecule has 2 heteroatoms. The van der Waals surface area contributed by atoms with Gasteiger partial charge in [0.2, 0.25) is 0 Å². The van der Waals surface area contributed by atoms with Crippen LogP contribution in [-0.2, 0) is 6.42 Å². The number of aryl methyl sites for hydroxylation is 1. The number of nitrogens with two attached hydrogens (primary N) is 1. The van der Waals surface area contributed by atoms with Crippen molar-refractivity contribution in [1.82, 2.24) is 4.90 Å². The molecule has 0 bridgehead atoms. The Morgan fingerprint density at radius 1 is 1.05 bits per heavy atom. The summed E-state index contributed by atoms with van der Waals surface area (Å²) in [5.41, 5.74) is 9.29. The van der Waals surface area contributed by atoms with Gasteiger partial charge in [-0.05, 0) is 62.6 Å². The SMILES string of the molecule is CCN(C1CCC(N)CC1)C1CCCCc2ccccc21. The summed E-state index contributed by atoms with van der Waals surface area (Å²) in [6, 6.07) is 11.0. The molecule has 2 aliphatic rings. The number of hydrogen-bond donors (Lipinski definition) is 1. The molecule has 2 aliphatic carbocycles. The van der Waals surface area contributed by atoms with Crippen LogP contribution in [0.15, 0.2) is 24.3 Å². The number of hydrogen-bond acceptors (Lipinski definition) is 2. The van der Waals surface area contributed by atoms with Crippen LogP contribution < -0.4 is 5.73 Å². The molecule has 0 saturated heterocycles. The fourth-order valence-corrected chi connectivity index (χ4v) is 4.41. The molecule has 1 saturated carbocycles. The molecule has 2 nitrogen and oxygen atoms in total. The predicted octanol–water partition coefficient (Wildman–Crippen LogP) is 4.05. The molecule has 1 atom stereocenters. The second kappa shape index (κ2) is 6.93. The topological polar surface area (TPSA) is 29.3 Å². The van der Waals surface area contributed by atoms with Crippen LogP contribution >= 0.6 is 0 Å². The first-order valence-corrected chi connectivity index (χ1v) is 8.88. The summed E-state index contributed by atoms with van der Waals surface area (Å²) in [6.07, 6.45) is 10.3. The highest BCUT2D eigenvalue weighted by Crippen LogP contribution is 2.36. The van der Waals surface area contributed by atoms with Crippen molar-refractivity contribution in [2.45, 2.75) is 76.4 Å². The lowest BCUT2D eigenvalue weighted by Gasteiger charge is -2.41. The molecule has 0 amide bonds. The Bertz CT molecular complexity index is 449. The van der Waals surface area contributed by atoms with E-state index in [0.29, 0.717) is 12.1 Å². The van der Waals surface area contributed by atoms with Crippen LogP contribution in [0.5, 0.6) is 0 Å². The third kappa shape index (κ3) is 3.32. The number of benzene rings is 1. The summed E-state index contributed by atoms with van der Waals surface area (Å²) in [6.45, 7) is 3.50. The lowest BCUT2D eigenvalue weighted by Crippen LogP contribution is -2.42. The molecule has 116 valence electrons. The molecule has 0 spiro atoms. The van der Waals surface area contributed by atoms with E-state index in [1.807, 2.05) is 0 Å². The van der Waals surface area contributed by atoms with Crippen molar-refractivity contribution in [2.24, 2.45) is 5.73 Å². The van der Waals surface area contributed by atoms with Crippen molar-refractivity contribution in [3.05, 3.63) is 35.4 Å². The average Bonchev–Trinajstić information content (AvgIpc) is 2.73. The molecule has 2 N–H and O–H groups in total. The largest absolute Gasteiger partial charge is 0.328 e. The molecule has 0 aromatic heterocycles. The van der Waals surface area contributed by atoms with Crippen molar-refractivity contribution in [2.75, 3.05) is 6.54 Å². The van der Waals surface area contributed by atoms with Gasteiger partial charge in [0.15, 0.2) is 0 Å². The molecule has 1 aromatic carbocycles. The number of nitrogens with zero attached hydrogens (tertiary/aromatic N) is 1. The van der Waals surface area contributed by atoms with Gasteiger partial charge in [-0.2, -0.15) is 0 Å². The van der Waals surface area contributed by atoms with Crippen LogP contribution in [0.2, 0.25) is 0 Å². The van der Waals surface area contributed by atoms with Crippen molar-refractivity contribution >= 4 is 0 Å². The maximum atomic E-state index is 6.10. The first-order chi connectivity index (χ1) is 10.3. The second-order valence-electron chi connectivity index (χ2n) is 6.86. The lowest BCUT2D eigenvalue weighted by molar-refractivity contribution is 0.0997. The van der Waals surface area contributed by atoms with Crippen LogP contribution in [0.25, 0.3) is 0 Å². The van der Waals surface area contributed by atoms with Crippen molar-refractivity contribution in [1.29, 1.82) is 0 Å². The second-order valence-corrected chi connectivity index (χ2v) is 6.86. The van der Waals surface area contributed by atoms with Gasteiger partial charge in [0.1, 0.15) is 0 Å². The Morgan fingerprint density at radius 2 is 1.81 bits per heavy atom. The van der Waals surface area contributed by atoms with E-state index in [2.05, 4.69) is 36.1 Å². The van der Waals surface area contributed by atoms with Crippen molar-refractivity contribution in [3.8, 4) is 0 Å². The third-order valence-corrected chi connectivity index (χ3v) is 5.56. The van der Waals surface area contributed by atoms with E-state index in [4.69, 9.17) is 5.73 Å². The Balaban J connectivity index is 1.83. The van der Waals surface area contributed by atoms with Gasteiger partial charge in [-0.15, -0.1) is 0 Å². The molecule has 1 unspecified atom stereocenters. The van der Waals surface area contributed by atoms with Gasteiger partial charge in [0.05, 0.1) is 0 Å². The molecule has 0 heterocycles. The van der Waals surface area contributed by atoms with Crippen LogP contribution in [0, 0.1) is 0 Å². The first-order valence-electron chi connectivity index (χ1n) is 8.88. The van der Waals surface area contributed by atoms with Crippen LogP contribution in [0.3, 0.4) is 0 Å². The number of rotatable bonds is 3. The molecule has 0 aliphatic heterocycles. The van der Waals surface area contributed by atoms with Gasteiger partial charge >= 0.3 is 0 Å². The highest BCUT2D eigenvalue weighted by atomic mass is 15.2. The smallest absolute Gasteiger partial charge is 0.0353 e. The van der Waals surface area contributed by atoms with Gasteiger partial charge in [-0.25, -0.2) is 0 Å². The molecule has 3 rings (SSSR count).